The normalized spacial score (nSPS) is 13.7. The van der Waals surface area contributed by atoms with Crippen molar-refractivity contribution in [3.8, 4) is 0 Å². The fraction of sp³-hybridized carbons (Fsp3) is 0.350. The second-order valence-electron chi connectivity index (χ2n) is 7.10. The van der Waals surface area contributed by atoms with Crippen LogP contribution in [0, 0.1) is 13.8 Å². The van der Waals surface area contributed by atoms with E-state index < -0.39 is 10.0 Å². The van der Waals surface area contributed by atoms with Gasteiger partial charge in [-0.2, -0.15) is 0 Å². The second kappa shape index (κ2) is 7.32. The monoisotopic (exact) mass is 387 g/mol. The number of amides is 1. The molecule has 2 aromatic rings. The van der Waals surface area contributed by atoms with E-state index in [1.165, 1.54) is 24.0 Å². The molecule has 0 atom stereocenters. The van der Waals surface area contributed by atoms with Gasteiger partial charge >= 0.3 is 0 Å². The number of nitrogens with one attached hydrogen (secondary N) is 1. The fourth-order valence-corrected chi connectivity index (χ4v) is 4.08. The van der Waals surface area contributed by atoms with E-state index >= 15 is 0 Å². The molecule has 3 rings (SSSR count). The van der Waals surface area contributed by atoms with Gasteiger partial charge in [0.05, 0.1) is 11.4 Å². The van der Waals surface area contributed by atoms with Crippen molar-refractivity contribution in [2.45, 2.75) is 25.2 Å². The lowest BCUT2D eigenvalue weighted by Crippen LogP contribution is -2.32. The molecule has 0 unspecified atom stereocenters. The first kappa shape index (κ1) is 19.4. The van der Waals surface area contributed by atoms with E-state index in [-0.39, 0.29) is 17.3 Å². The molecule has 144 valence electrons. The second-order valence-corrected chi connectivity index (χ2v) is 9.25. The van der Waals surface area contributed by atoms with Crippen LogP contribution in [-0.4, -0.2) is 45.8 Å². The highest BCUT2D eigenvalue weighted by molar-refractivity contribution is 7.89. The maximum absolute atomic E-state index is 12.5. The first-order valence-corrected chi connectivity index (χ1v) is 10.3. The highest BCUT2D eigenvalue weighted by Crippen LogP contribution is 2.31. The highest BCUT2D eigenvalue weighted by Gasteiger charge is 2.25. The van der Waals surface area contributed by atoms with Crippen molar-refractivity contribution in [1.29, 1.82) is 0 Å². The van der Waals surface area contributed by atoms with Gasteiger partial charge in [0, 0.05) is 32.0 Å². The average molecular weight is 388 g/mol. The summed E-state index contributed by atoms with van der Waals surface area (Å²) in [5, 5.41) is 2.92. The lowest BCUT2D eigenvalue weighted by atomic mass is 10.1. The Morgan fingerprint density at radius 2 is 1.85 bits per heavy atom. The van der Waals surface area contributed by atoms with Crippen molar-refractivity contribution in [3.05, 3.63) is 53.1 Å². The minimum atomic E-state index is -3.50. The fourth-order valence-electron chi connectivity index (χ4n) is 3.15. The Hall–Kier alpha value is -2.38. The predicted molar refractivity (Wildman–Crippen MR) is 108 cm³/mol. The van der Waals surface area contributed by atoms with E-state index in [2.05, 4.69) is 5.32 Å². The molecule has 1 aliphatic heterocycles. The first-order valence-electron chi connectivity index (χ1n) is 8.86. The summed E-state index contributed by atoms with van der Waals surface area (Å²) in [4.78, 5) is 14.7. The van der Waals surface area contributed by atoms with E-state index in [0.29, 0.717) is 6.54 Å². The highest BCUT2D eigenvalue weighted by atomic mass is 32.2. The maximum Gasteiger partial charge on any atom is 0.243 e. The van der Waals surface area contributed by atoms with Crippen molar-refractivity contribution < 1.29 is 13.2 Å². The van der Waals surface area contributed by atoms with Crippen LogP contribution >= 0.6 is 0 Å². The number of benzene rings is 2. The molecule has 1 aliphatic rings. The van der Waals surface area contributed by atoms with Gasteiger partial charge in [0.25, 0.3) is 0 Å². The Kier molecular flexibility index (Phi) is 5.26. The van der Waals surface area contributed by atoms with Crippen LogP contribution in [0.25, 0.3) is 0 Å². The van der Waals surface area contributed by atoms with E-state index in [1.54, 1.807) is 12.1 Å². The Balaban J connectivity index is 1.77. The van der Waals surface area contributed by atoms with Gasteiger partial charge in [0.1, 0.15) is 0 Å². The van der Waals surface area contributed by atoms with Crippen LogP contribution in [0.4, 0.5) is 11.4 Å². The zero-order valence-corrected chi connectivity index (χ0v) is 16.9. The molecule has 6 nitrogen and oxygen atoms in total. The van der Waals surface area contributed by atoms with E-state index in [9.17, 15) is 13.2 Å². The van der Waals surface area contributed by atoms with Gasteiger partial charge in [-0.25, -0.2) is 12.7 Å². The van der Waals surface area contributed by atoms with Crippen LogP contribution < -0.4 is 10.2 Å². The van der Waals surface area contributed by atoms with Gasteiger partial charge < -0.3 is 10.2 Å². The van der Waals surface area contributed by atoms with Crippen molar-refractivity contribution >= 4 is 27.3 Å². The number of hydrogen-bond donors (Lipinski definition) is 1. The summed E-state index contributed by atoms with van der Waals surface area (Å²) in [5.41, 5.74) is 4.94. The van der Waals surface area contributed by atoms with Crippen LogP contribution in [0.2, 0.25) is 0 Å². The zero-order chi connectivity index (χ0) is 19.8. The number of fused-ring (bicyclic) bond motifs is 1. The molecule has 0 saturated heterocycles. The number of anilines is 2. The topological polar surface area (TPSA) is 69.7 Å². The van der Waals surface area contributed by atoms with Crippen LogP contribution in [0.15, 0.2) is 41.3 Å². The Morgan fingerprint density at radius 3 is 2.52 bits per heavy atom. The smallest absolute Gasteiger partial charge is 0.243 e. The van der Waals surface area contributed by atoms with Gasteiger partial charge in [-0.15, -0.1) is 0 Å². The standard InChI is InChI=1S/C20H25N3O3S/c1-14-5-7-17(11-15(14)2)21-20(24)13-23-10-9-16-6-8-18(12-19(16)23)27(25,26)22(3)4/h5-8,11-12H,9-10,13H2,1-4H3,(H,21,24). The molecule has 0 saturated carbocycles. The van der Waals surface area contributed by atoms with Gasteiger partial charge in [0.15, 0.2) is 0 Å². The molecule has 0 aliphatic carbocycles. The van der Waals surface area contributed by atoms with Gasteiger partial charge in [0.2, 0.25) is 15.9 Å². The predicted octanol–water partition coefficient (Wildman–Crippen LogP) is 2.55. The summed E-state index contributed by atoms with van der Waals surface area (Å²) >= 11 is 0. The third-order valence-electron chi connectivity index (χ3n) is 4.95. The molecule has 0 spiro atoms. The SMILES string of the molecule is Cc1ccc(NC(=O)CN2CCc3ccc(S(=O)(=O)N(C)C)cc32)cc1C. The Bertz CT molecular complexity index is 984. The summed E-state index contributed by atoms with van der Waals surface area (Å²) in [6, 6.07) is 11.0. The third-order valence-corrected chi connectivity index (χ3v) is 6.76. The molecule has 0 aromatic heterocycles. The number of carbonyl (C=O) groups is 1. The van der Waals surface area contributed by atoms with Crippen LogP contribution in [0.3, 0.4) is 0 Å². The van der Waals surface area contributed by atoms with Crippen LogP contribution in [0.5, 0.6) is 0 Å². The number of nitrogens with zero attached hydrogens (tertiary/aromatic N) is 2. The molecular formula is C20H25N3O3S. The number of hydrogen-bond acceptors (Lipinski definition) is 4. The average Bonchev–Trinajstić information content (AvgIpc) is 3.00. The number of sulfonamides is 1. The van der Waals surface area contributed by atoms with E-state index in [0.717, 1.165) is 28.9 Å². The first-order chi connectivity index (χ1) is 12.7. The van der Waals surface area contributed by atoms with E-state index in [1.807, 2.05) is 43.0 Å². The summed E-state index contributed by atoms with van der Waals surface area (Å²) in [7, 11) is -0.479. The number of aryl methyl sites for hydroxylation is 2. The number of rotatable bonds is 5. The summed E-state index contributed by atoms with van der Waals surface area (Å²) in [5.74, 6) is -0.119. The molecule has 27 heavy (non-hydrogen) atoms. The molecule has 0 radical (unpaired) electrons. The minimum absolute atomic E-state index is 0.119. The number of carbonyl (C=O) groups excluding carboxylic acids is 1. The lowest BCUT2D eigenvalue weighted by molar-refractivity contribution is -0.115. The minimum Gasteiger partial charge on any atom is -0.362 e. The Morgan fingerprint density at radius 1 is 1.11 bits per heavy atom. The van der Waals surface area contributed by atoms with Crippen LogP contribution in [0.1, 0.15) is 16.7 Å². The molecule has 2 aromatic carbocycles. The summed E-state index contributed by atoms with van der Waals surface area (Å²) in [6.07, 6.45) is 0.800. The molecule has 1 amide bonds. The molecule has 7 heteroatoms. The summed E-state index contributed by atoms with van der Waals surface area (Å²) < 4.78 is 26.0. The summed E-state index contributed by atoms with van der Waals surface area (Å²) in [6.45, 7) is 4.92. The molecule has 1 N–H and O–H groups in total. The molecule has 0 fully saturated rings. The third kappa shape index (κ3) is 3.99. The molecule has 0 bridgehead atoms. The van der Waals surface area contributed by atoms with Crippen LogP contribution in [-0.2, 0) is 21.2 Å². The maximum atomic E-state index is 12.5. The molecule has 1 heterocycles. The van der Waals surface area contributed by atoms with Gasteiger partial charge in [-0.3, -0.25) is 4.79 Å². The quantitative estimate of drug-likeness (QED) is 0.856. The molecular weight excluding hydrogens is 362 g/mol. The van der Waals surface area contributed by atoms with Crippen molar-refractivity contribution in [3.63, 3.8) is 0 Å². The van der Waals surface area contributed by atoms with Crippen molar-refractivity contribution in [1.82, 2.24) is 4.31 Å². The lowest BCUT2D eigenvalue weighted by Gasteiger charge is -2.20. The van der Waals surface area contributed by atoms with E-state index in [4.69, 9.17) is 0 Å². The van der Waals surface area contributed by atoms with Gasteiger partial charge in [-0.1, -0.05) is 12.1 Å². The zero-order valence-electron chi connectivity index (χ0n) is 16.1. The Labute approximate surface area is 160 Å². The largest absolute Gasteiger partial charge is 0.362 e. The van der Waals surface area contributed by atoms with Gasteiger partial charge in [-0.05, 0) is 61.2 Å². The van der Waals surface area contributed by atoms with Crippen molar-refractivity contribution in [2.75, 3.05) is 37.4 Å². The van der Waals surface area contributed by atoms with Crippen molar-refractivity contribution in [2.24, 2.45) is 0 Å².